The van der Waals surface area contributed by atoms with Crippen LogP contribution >= 0.6 is 24.0 Å². The highest BCUT2D eigenvalue weighted by molar-refractivity contribution is 14.0. The molecule has 1 aliphatic carbocycles. The number of hydrogen-bond donors (Lipinski definition) is 1. The lowest BCUT2D eigenvalue weighted by molar-refractivity contribution is -0.112. The highest BCUT2D eigenvalue weighted by Crippen LogP contribution is 2.35. The first-order valence-corrected chi connectivity index (χ1v) is 7.74. The summed E-state index contributed by atoms with van der Waals surface area (Å²) in [5.41, 5.74) is 5.98. The SMILES string of the molecule is CC(C)(C)OC1CC(CCN=C(N)N2CCOCC2)C1.I. The molecule has 0 unspecified atom stereocenters. The van der Waals surface area contributed by atoms with Crippen LogP contribution in [0.2, 0.25) is 0 Å². The lowest BCUT2D eigenvalue weighted by Crippen LogP contribution is -2.45. The minimum atomic E-state index is -0.0193. The summed E-state index contributed by atoms with van der Waals surface area (Å²) < 4.78 is 11.2. The van der Waals surface area contributed by atoms with Gasteiger partial charge in [0.2, 0.25) is 0 Å². The third-order valence-corrected chi connectivity index (χ3v) is 3.86. The predicted octanol–water partition coefficient (Wildman–Crippen LogP) is 2.24. The Balaban J connectivity index is 0.00000220. The summed E-state index contributed by atoms with van der Waals surface area (Å²) in [6.45, 7) is 10.4. The second-order valence-corrected chi connectivity index (χ2v) is 6.82. The van der Waals surface area contributed by atoms with Crippen LogP contribution in [0.15, 0.2) is 4.99 Å². The van der Waals surface area contributed by atoms with Gasteiger partial charge in [0.1, 0.15) is 0 Å². The van der Waals surface area contributed by atoms with Gasteiger partial charge in [0.05, 0.1) is 24.9 Å². The molecule has 0 aromatic heterocycles. The van der Waals surface area contributed by atoms with E-state index in [2.05, 4.69) is 30.7 Å². The lowest BCUT2D eigenvalue weighted by Gasteiger charge is -2.39. The predicted molar refractivity (Wildman–Crippen MR) is 96.3 cm³/mol. The van der Waals surface area contributed by atoms with E-state index < -0.39 is 0 Å². The quantitative estimate of drug-likeness (QED) is 0.438. The third-order valence-electron chi connectivity index (χ3n) is 3.86. The number of halogens is 1. The zero-order valence-electron chi connectivity index (χ0n) is 13.5. The largest absolute Gasteiger partial charge is 0.378 e. The van der Waals surface area contributed by atoms with Gasteiger partial charge in [-0.05, 0) is 46.0 Å². The van der Waals surface area contributed by atoms with Crippen molar-refractivity contribution in [2.45, 2.75) is 51.7 Å². The molecule has 21 heavy (non-hydrogen) atoms. The van der Waals surface area contributed by atoms with E-state index in [1.807, 2.05) is 0 Å². The molecular weight excluding hydrogens is 381 g/mol. The van der Waals surface area contributed by atoms with Crippen molar-refractivity contribution in [3.8, 4) is 0 Å². The standard InChI is InChI=1S/C15H29N3O2.HI/c1-15(2,3)20-13-10-12(11-13)4-5-17-14(16)18-6-8-19-9-7-18;/h12-13H,4-11H2,1-3H3,(H2,16,17);1H. The number of nitrogens with zero attached hydrogens (tertiary/aromatic N) is 2. The van der Waals surface area contributed by atoms with Gasteiger partial charge in [-0.15, -0.1) is 24.0 Å². The summed E-state index contributed by atoms with van der Waals surface area (Å²) in [6, 6.07) is 0. The zero-order chi connectivity index (χ0) is 14.6. The Hall–Kier alpha value is -0.0800. The minimum absolute atomic E-state index is 0. The average Bonchev–Trinajstić information content (AvgIpc) is 2.35. The first-order chi connectivity index (χ1) is 9.44. The van der Waals surface area contributed by atoms with Crippen molar-refractivity contribution in [2.24, 2.45) is 16.6 Å². The van der Waals surface area contributed by atoms with Crippen molar-refractivity contribution in [1.29, 1.82) is 0 Å². The number of ether oxygens (including phenoxy) is 2. The Kier molecular flexibility index (Phi) is 7.70. The van der Waals surface area contributed by atoms with Gasteiger partial charge in [0, 0.05) is 19.6 Å². The van der Waals surface area contributed by atoms with E-state index in [-0.39, 0.29) is 29.6 Å². The molecule has 124 valence electrons. The molecule has 1 heterocycles. The molecule has 5 nitrogen and oxygen atoms in total. The van der Waals surface area contributed by atoms with Gasteiger partial charge in [-0.1, -0.05) is 0 Å². The molecule has 0 aromatic rings. The maximum absolute atomic E-state index is 6.00. The van der Waals surface area contributed by atoms with Gasteiger partial charge in [-0.2, -0.15) is 0 Å². The second kappa shape index (κ2) is 8.53. The molecule has 2 N–H and O–H groups in total. The van der Waals surface area contributed by atoms with E-state index in [1.54, 1.807) is 0 Å². The van der Waals surface area contributed by atoms with Gasteiger partial charge in [0.25, 0.3) is 0 Å². The first kappa shape index (κ1) is 19.0. The molecule has 2 aliphatic rings. The molecule has 2 rings (SSSR count). The fourth-order valence-corrected chi connectivity index (χ4v) is 2.76. The maximum Gasteiger partial charge on any atom is 0.191 e. The van der Waals surface area contributed by atoms with Gasteiger partial charge in [-0.25, -0.2) is 0 Å². The summed E-state index contributed by atoms with van der Waals surface area (Å²) in [5, 5.41) is 0. The summed E-state index contributed by atoms with van der Waals surface area (Å²) >= 11 is 0. The molecule has 6 heteroatoms. The normalized spacial score (nSPS) is 27.0. The van der Waals surface area contributed by atoms with E-state index in [9.17, 15) is 0 Å². The summed E-state index contributed by atoms with van der Waals surface area (Å²) in [6.07, 6.45) is 3.91. The van der Waals surface area contributed by atoms with Crippen LogP contribution < -0.4 is 5.73 Å². The summed E-state index contributed by atoms with van der Waals surface area (Å²) in [7, 11) is 0. The number of aliphatic imine (C=N–C) groups is 1. The Morgan fingerprint density at radius 3 is 2.48 bits per heavy atom. The fraction of sp³-hybridized carbons (Fsp3) is 0.933. The molecule has 0 aromatic carbocycles. The Bertz CT molecular complexity index is 332. The molecule has 0 radical (unpaired) electrons. The number of hydrogen-bond acceptors (Lipinski definition) is 3. The summed E-state index contributed by atoms with van der Waals surface area (Å²) in [4.78, 5) is 6.60. The molecule has 2 fully saturated rings. The van der Waals surface area contributed by atoms with Crippen molar-refractivity contribution in [3.63, 3.8) is 0 Å². The number of guanidine groups is 1. The minimum Gasteiger partial charge on any atom is -0.378 e. The number of nitrogens with two attached hydrogens (primary N) is 1. The van der Waals surface area contributed by atoms with Crippen LogP contribution in [0.25, 0.3) is 0 Å². The first-order valence-electron chi connectivity index (χ1n) is 7.74. The van der Waals surface area contributed by atoms with E-state index >= 15 is 0 Å². The van der Waals surface area contributed by atoms with E-state index in [0.29, 0.717) is 12.1 Å². The van der Waals surface area contributed by atoms with Crippen LogP contribution in [-0.4, -0.2) is 55.4 Å². The smallest absolute Gasteiger partial charge is 0.191 e. The molecule has 0 atom stereocenters. The van der Waals surface area contributed by atoms with Crippen molar-refractivity contribution in [2.75, 3.05) is 32.8 Å². The van der Waals surface area contributed by atoms with Crippen molar-refractivity contribution >= 4 is 29.9 Å². The molecule has 0 amide bonds. The van der Waals surface area contributed by atoms with Crippen LogP contribution in [0, 0.1) is 5.92 Å². The van der Waals surface area contributed by atoms with Gasteiger partial charge in [0.15, 0.2) is 5.96 Å². The summed E-state index contributed by atoms with van der Waals surface area (Å²) in [5.74, 6) is 1.43. The van der Waals surface area contributed by atoms with Gasteiger partial charge >= 0.3 is 0 Å². The van der Waals surface area contributed by atoms with E-state index in [4.69, 9.17) is 15.2 Å². The lowest BCUT2D eigenvalue weighted by atomic mass is 9.80. The highest BCUT2D eigenvalue weighted by Gasteiger charge is 2.32. The maximum atomic E-state index is 6.00. The second-order valence-electron chi connectivity index (χ2n) is 6.82. The van der Waals surface area contributed by atoms with Crippen molar-refractivity contribution < 1.29 is 9.47 Å². The monoisotopic (exact) mass is 411 g/mol. The average molecular weight is 411 g/mol. The van der Waals surface area contributed by atoms with E-state index in [0.717, 1.165) is 45.2 Å². The van der Waals surface area contributed by atoms with Crippen molar-refractivity contribution in [1.82, 2.24) is 4.90 Å². The van der Waals surface area contributed by atoms with Crippen molar-refractivity contribution in [3.05, 3.63) is 0 Å². The van der Waals surface area contributed by atoms with Gasteiger partial charge in [-0.3, -0.25) is 4.99 Å². The number of morpholine rings is 1. The zero-order valence-corrected chi connectivity index (χ0v) is 15.8. The highest BCUT2D eigenvalue weighted by atomic mass is 127. The van der Waals surface area contributed by atoms with Crippen LogP contribution in [0.1, 0.15) is 40.0 Å². The Morgan fingerprint density at radius 2 is 1.90 bits per heavy atom. The molecular formula is C15H30IN3O2. The Morgan fingerprint density at radius 1 is 1.29 bits per heavy atom. The molecule has 1 saturated carbocycles. The third kappa shape index (κ3) is 6.69. The molecule has 0 spiro atoms. The van der Waals surface area contributed by atoms with Crippen LogP contribution in [0.5, 0.6) is 0 Å². The van der Waals surface area contributed by atoms with E-state index in [1.165, 1.54) is 12.8 Å². The van der Waals surface area contributed by atoms with Crippen LogP contribution in [0.4, 0.5) is 0 Å². The number of rotatable bonds is 4. The molecule has 0 bridgehead atoms. The molecule has 1 saturated heterocycles. The van der Waals surface area contributed by atoms with Crippen LogP contribution in [0.3, 0.4) is 0 Å². The topological polar surface area (TPSA) is 60.1 Å². The van der Waals surface area contributed by atoms with Crippen LogP contribution in [-0.2, 0) is 9.47 Å². The fourth-order valence-electron chi connectivity index (χ4n) is 2.76. The van der Waals surface area contributed by atoms with Gasteiger partial charge < -0.3 is 20.1 Å². The molecule has 1 aliphatic heterocycles. The Labute approximate surface area is 145 Å².